The zero-order valence-corrected chi connectivity index (χ0v) is 17.4. The summed E-state index contributed by atoms with van der Waals surface area (Å²) in [6.07, 6.45) is 5.45. The number of amides is 3. The molecule has 3 amide bonds. The van der Waals surface area contributed by atoms with Crippen LogP contribution in [0, 0.1) is 0 Å². The second-order valence-corrected chi connectivity index (χ2v) is 8.14. The minimum absolute atomic E-state index is 0.168. The zero-order chi connectivity index (χ0) is 20.7. The summed E-state index contributed by atoms with van der Waals surface area (Å²) in [5.74, 6) is 1.04. The van der Waals surface area contributed by atoms with Gasteiger partial charge in [-0.3, -0.25) is 10.1 Å². The van der Waals surface area contributed by atoms with Gasteiger partial charge in [0.2, 0.25) is 0 Å². The molecule has 4 N–H and O–H groups in total. The summed E-state index contributed by atoms with van der Waals surface area (Å²) in [4.78, 5) is 28.0. The maximum Gasteiger partial charge on any atom is 0.326 e. The lowest BCUT2D eigenvalue weighted by Crippen LogP contribution is -2.22. The van der Waals surface area contributed by atoms with Gasteiger partial charge in [-0.05, 0) is 36.6 Å². The van der Waals surface area contributed by atoms with Crippen molar-refractivity contribution in [1.29, 1.82) is 0 Å². The van der Waals surface area contributed by atoms with Crippen molar-refractivity contribution in [1.82, 2.24) is 25.2 Å². The van der Waals surface area contributed by atoms with Gasteiger partial charge in [0.1, 0.15) is 17.3 Å². The first kappa shape index (κ1) is 18.6. The van der Waals surface area contributed by atoms with Crippen LogP contribution in [0.15, 0.2) is 46.7 Å². The van der Waals surface area contributed by atoms with Gasteiger partial charge in [-0.15, -0.1) is 0 Å². The van der Waals surface area contributed by atoms with Crippen LogP contribution >= 0.6 is 15.9 Å². The van der Waals surface area contributed by atoms with Gasteiger partial charge in [-0.2, -0.15) is 9.61 Å². The average molecular weight is 468 g/mol. The number of benzene rings is 1. The van der Waals surface area contributed by atoms with E-state index in [1.54, 1.807) is 16.8 Å². The van der Waals surface area contributed by atoms with E-state index in [9.17, 15) is 9.59 Å². The van der Waals surface area contributed by atoms with Crippen LogP contribution in [0.25, 0.3) is 11.7 Å². The zero-order valence-electron chi connectivity index (χ0n) is 15.8. The fraction of sp³-hybridized carbons (Fsp3) is 0.200. The minimum Gasteiger partial charge on any atom is -0.367 e. The molecule has 0 radical (unpaired) electrons. The smallest absolute Gasteiger partial charge is 0.326 e. The number of nitrogens with zero attached hydrogens (tertiary/aromatic N) is 3. The monoisotopic (exact) mass is 467 g/mol. The quantitative estimate of drug-likeness (QED) is 0.327. The molecule has 3 aromatic rings. The van der Waals surface area contributed by atoms with E-state index in [-0.39, 0.29) is 5.70 Å². The van der Waals surface area contributed by atoms with Crippen molar-refractivity contribution >= 4 is 51.2 Å². The van der Waals surface area contributed by atoms with Gasteiger partial charge in [-0.25, -0.2) is 9.78 Å². The van der Waals surface area contributed by atoms with E-state index in [4.69, 9.17) is 4.98 Å². The Morgan fingerprint density at radius 3 is 2.70 bits per heavy atom. The van der Waals surface area contributed by atoms with Gasteiger partial charge in [0.05, 0.1) is 6.20 Å². The Morgan fingerprint density at radius 1 is 1.20 bits per heavy atom. The SMILES string of the molecule is O=C1NC(=O)/C(=C/c2cnn3c(NC4CC4)cc(NCc4ccc(Br)cc4)nc23)N1. The molecule has 0 unspecified atom stereocenters. The van der Waals surface area contributed by atoms with Gasteiger partial charge in [0.25, 0.3) is 5.91 Å². The summed E-state index contributed by atoms with van der Waals surface area (Å²) < 4.78 is 2.74. The number of fused-ring (bicyclic) bond motifs is 1. The number of carbonyl (C=O) groups excluding carboxylic acids is 2. The molecule has 0 bridgehead atoms. The Morgan fingerprint density at radius 2 is 2.00 bits per heavy atom. The largest absolute Gasteiger partial charge is 0.367 e. The molecule has 3 heterocycles. The van der Waals surface area contributed by atoms with Crippen LogP contribution in [0.1, 0.15) is 24.0 Å². The topological polar surface area (TPSA) is 112 Å². The molecule has 1 aliphatic carbocycles. The van der Waals surface area contributed by atoms with Crippen molar-refractivity contribution in [2.45, 2.75) is 25.4 Å². The number of hydrogen-bond donors (Lipinski definition) is 4. The number of nitrogens with one attached hydrogen (secondary N) is 4. The second kappa shape index (κ2) is 7.45. The van der Waals surface area contributed by atoms with Crippen LogP contribution in [-0.2, 0) is 11.3 Å². The van der Waals surface area contributed by atoms with E-state index in [2.05, 4.69) is 42.3 Å². The van der Waals surface area contributed by atoms with Gasteiger partial charge in [0, 0.05) is 28.7 Å². The molecular weight excluding hydrogens is 450 g/mol. The summed E-state index contributed by atoms with van der Waals surface area (Å²) in [6.45, 7) is 0.613. The third-order valence-corrected chi connectivity index (χ3v) is 5.36. The molecule has 10 heteroatoms. The molecule has 2 fully saturated rings. The summed E-state index contributed by atoms with van der Waals surface area (Å²) in [5.41, 5.74) is 2.51. The Hall–Kier alpha value is -3.40. The molecule has 1 saturated heterocycles. The molecular formula is C20H18BrN7O2. The maximum atomic E-state index is 11.9. The van der Waals surface area contributed by atoms with Crippen LogP contribution in [0.4, 0.5) is 16.4 Å². The highest BCUT2D eigenvalue weighted by Crippen LogP contribution is 2.27. The maximum absolute atomic E-state index is 11.9. The first-order chi connectivity index (χ1) is 14.5. The molecule has 0 spiro atoms. The lowest BCUT2D eigenvalue weighted by Gasteiger charge is -2.12. The number of imide groups is 1. The predicted molar refractivity (Wildman–Crippen MR) is 116 cm³/mol. The number of urea groups is 1. The first-order valence-electron chi connectivity index (χ1n) is 9.53. The summed E-state index contributed by atoms with van der Waals surface area (Å²) in [6, 6.07) is 9.89. The molecule has 2 aliphatic rings. The number of anilines is 2. The van der Waals surface area contributed by atoms with E-state index >= 15 is 0 Å². The molecule has 1 aromatic carbocycles. The van der Waals surface area contributed by atoms with Gasteiger partial charge in [-0.1, -0.05) is 28.1 Å². The van der Waals surface area contributed by atoms with E-state index < -0.39 is 11.9 Å². The lowest BCUT2D eigenvalue weighted by molar-refractivity contribution is -0.115. The lowest BCUT2D eigenvalue weighted by atomic mass is 10.2. The highest BCUT2D eigenvalue weighted by molar-refractivity contribution is 9.10. The van der Waals surface area contributed by atoms with Crippen LogP contribution in [-0.4, -0.2) is 32.6 Å². The van der Waals surface area contributed by atoms with Crippen molar-refractivity contribution < 1.29 is 9.59 Å². The van der Waals surface area contributed by atoms with Crippen molar-refractivity contribution in [3.05, 3.63) is 57.8 Å². The minimum atomic E-state index is -0.538. The van der Waals surface area contributed by atoms with Crippen LogP contribution in [0.3, 0.4) is 0 Å². The van der Waals surface area contributed by atoms with E-state index in [1.165, 1.54) is 0 Å². The predicted octanol–water partition coefficient (Wildman–Crippen LogP) is 2.86. The van der Waals surface area contributed by atoms with Crippen molar-refractivity contribution in [2.75, 3.05) is 10.6 Å². The van der Waals surface area contributed by atoms with Crippen LogP contribution < -0.4 is 21.3 Å². The standard InChI is InChI=1S/C20H18BrN7O2/c21-13-3-1-11(2-4-13)9-22-16-8-17(24-14-5-6-14)28-18(26-16)12(10-23-28)7-15-19(29)27-20(30)25-15/h1-4,7-8,10,14,24H,5-6,9H2,(H,22,26)(H2,25,27,29,30)/b15-7-. The highest BCUT2D eigenvalue weighted by atomic mass is 79.9. The Labute approximate surface area is 180 Å². The van der Waals surface area contributed by atoms with Gasteiger partial charge < -0.3 is 16.0 Å². The number of rotatable bonds is 6. The Bertz CT molecular complexity index is 1180. The number of carbonyl (C=O) groups is 2. The summed E-state index contributed by atoms with van der Waals surface area (Å²) in [5, 5.41) is 15.9. The first-order valence-corrected chi connectivity index (χ1v) is 10.3. The third-order valence-electron chi connectivity index (χ3n) is 4.84. The average Bonchev–Trinajstić information content (AvgIpc) is 3.36. The Balaban J connectivity index is 1.49. The van der Waals surface area contributed by atoms with Crippen LogP contribution in [0.5, 0.6) is 0 Å². The molecule has 2 aromatic heterocycles. The van der Waals surface area contributed by atoms with Crippen LogP contribution in [0.2, 0.25) is 0 Å². The second-order valence-electron chi connectivity index (χ2n) is 7.23. The van der Waals surface area contributed by atoms with Crippen molar-refractivity contribution in [3.8, 4) is 0 Å². The fourth-order valence-corrected chi connectivity index (χ4v) is 3.41. The van der Waals surface area contributed by atoms with Gasteiger partial charge >= 0.3 is 6.03 Å². The fourth-order valence-electron chi connectivity index (χ4n) is 3.14. The van der Waals surface area contributed by atoms with Crippen molar-refractivity contribution in [3.63, 3.8) is 0 Å². The van der Waals surface area contributed by atoms with Gasteiger partial charge in [0.15, 0.2) is 5.65 Å². The van der Waals surface area contributed by atoms with E-state index in [0.717, 1.165) is 28.7 Å². The molecule has 1 aliphatic heterocycles. The molecule has 1 saturated carbocycles. The molecule has 9 nitrogen and oxygen atoms in total. The molecule has 152 valence electrons. The van der Waals surface area contributed by atoms with Crippen molar-refractivity contribution in [2.24, 2.45) is 0 Å². The number of hydrogen-bond acceptors (Lipinski definition) is 6. The molecule has 5 rings (SSSR count). The number of halogens is 1. The summed E-state index contributed by atoms with van der Waals surface area (Å²) in [7, 11) is 0. The molecule has 30 heavy (non-hydrogen) atoms. The summed E-state index contributed by atoms with van der Waals surface area (Å²) >= 11 is 3.44. The van der Waals surface area contributed by atoms with E-state index in [0.29, 0.717) is 29.6 Å². The highest BCUT2D eigenvalue weighted by Gasteiger charge is 2.25. The third kappa shape index (κ3) is 3.86. The number of aromatic nitrogens is 3. The normalized spacial score (nSPS) is 17.3. The molecule has 0 atom stereocenters. The van der Waals surface area contributed by atoms with E-state index in [1.807, 2.05) is 30.3 Å². The Kier molecular flexibility index (Phi) is 4.62.